The Bertz CT molecular complexity index is 895. The first-order valence-corrected chi connectivity index (χ1v) is 9.63. The van der Waals surface area contributed by atoms with E-state index in [1.165, 1.54) is 0 Å². The van der Waals surface area contributed by atoms with Crippen molar-refractivity contribution in [2.75, 3.05) is 13.1 Å². The minimum atomic E-state index is -0.345. The maximum absolute atomic E-state index is 12.2. The quantitative estimate of drug-likeness (QED) is 0.753. The van der Waals surface area contributed by atoms with Crippen LogP contribution in [0, 0.1) is 5.92 Å². The number of aromatic amines is 1. The molecule has 4 rings (SSSR count). The van der Waals surface area contributed by atoms with E-state index in [0.29, 0.717) is 5.92 Å². The summed E-state index contributed by atoms with van der Waals surface area (Å²) in [5.74, 6) is 0.325. The molecule has 1 fully saturated rings. The lowest BCUT2D eigenvalue weighted by Crippen LogP contribution is -2.35. The van der Waals surface area contributed by atoms with E-state index in [2.05, 4.69) is 9.88 Å². The summed E-state index contributed by atoms with van der Waals surface area (Å²) in [6.07, 6.45) is 1.62. The van der Waals surface area contributed by atoms with Crippen molar-refractivity contribution < 1.29 is 5.11 Å². The Morgan fingerprint density at radius 3 is 2.76 bits per heavy atom. The number of likely N-dealkylation sites (tertiary alicyclic amines) is 1. The van der Waals surface area contributed by atoms with Crippen molar-refractivity contribution in [3.8, 4) is 0 Å². The zero-order chi connectivity index (χ0) is 17.2. The van der Waals surface area contributed by atoms with Gasteiger partial charge in [0.25, 0.3) is 0 Å². The lowest BCUT2D eigenvalue weighted by atomic mass is 9.90. The molecule has 4 nitrogen and oxygen atoms in total. The molecule has 5 heteroatoms. The normalized spacial score (nSPS) is 17.8. The van der Waals surface area contributed by atoms with Crippen LogP contribution in [0.5, 0.6) is 0 Å². The summed E-state index contributed by atoms with van der Waals surface area (Å²) in [5.41, 5.74) is 1.93. The van der Waals surface area contributed by atoms with Crippen LogP contribution in [-0.2, 0) is 6.54 Å². The van der Waals surface area contributed by atoms with E-state index in [4.69, 9.17) is 0 Å². The number of hydrogen-bond donors (Lipinski definition) is 2. The molecule has 2 aromatic heterocycles. The number of aliphatic hydroxyl groups excluding tert-OH is 1. The number of hydrogen-bond acceptors (Lipinski definition) is 4. The molecule has 0 unspecified atom stereocenters. The van der Waals surface area contributed by atoms with E-state index < -0.39 is 0 Å². The Morgan fingerprint density at radius 2 is 2.00 bits per heavy atom. The van der Waals surface area contributed by atoms with Crippen LogP contribution in [0.2, 0.25) is 0 Å². The number of pyridine rings is 1. The van der Waals surface area contributed by atoms with E-state index in [-0.39, 0.29) is 11.5 Å². The predicted octanol–water partition coefficient (Wildman–Crippen LogP) is 3.54. The van der Waals surface area contributed by atoms with Gasteiger partial charge in [-0.05, 0) is 55.4 Å². The maximum Gasteiger partial charge on any atom is 0.189 e. The molecule has 0 amide bonds. The Kier molecular flexibility index (Phi) is 4.70. The molecule has 0 aliphatic carbocycles. The van der Waals surface area contributed by atoms with Gasteiger partial charge in [-0.25, -0.2) is 0 Å². The highest BCUT2D eigenvalue weighted by Crippen LogP contribution is 2.33. The SMILES string of the molecule is O=c1cc(CN2CCC([C@@H](O)c3cccs3)CC2)[nH]c2ccccc12. The van der Waals surface area contributed by atoms with Crippen molar-refractivity contribution in [3.63, 3.8) is 0 Å². The van der Waals surface area contributed by atoms with Gasteiger partial charge in [-0.3, -0.25) is 9.69 Å². The fourth-order valence-corrected chi connectivity index (χ4v) is 4.50. The van der Waals surface area contributed by atoms with Crippen LogP contribution in [0.25, 0.3) is 10.9 Å². The molecule has 130 valence electrons. The van der Waals surface area contributed by atoms with Gasteiger partial charge in [0.1, 0.15) is 0 Å². The topological polar surface area (TPSA) is 56.3 Å². The first kappa shape index (κ1) is 16.5. The number of nitrogens with one attached hydrogen (secondary N) is 1. The number of H-pyrrole nitrogens is 1. The van der Waals surface area contributed by atoms with Gasteiger partial charge in [-0.1, -0.05) is 18.2 Å². The molecular formula is C20H22N2O2S. The van der Waals surface area contributed by atoms with Crippen molar-refractivity contribution in [1.82, 2.24) is 9.88 Å². The zero-order valence-corrected chi connectivity index (χ0v) is 14.8. The largest absolute Gasteiger partial charge is 0.387 e. The number of aromatic nitrogens is 1. The number of benzene rings is 1. The summed E-state index contributed by atoms with van der Waals surface area (Å²) < 4.78 is 0. The molecule has 3 heterocycles. The first-order chi connectivity index (χ1) is 12.2. The highest BCUT2D eigenvalue weighted by atomic mass is 32.1. The van der Waals surface area contributed by atoms with Crippen LogP contribution in [-0.4, -0.2) is 28.1 Å². The average Bonchev–Trinajstić information content (AvgIpc) is 3.16. The molecule has 1 aliphatic heterocycles. The van der Waals surface area contributed by atoms with Crippen molar-refractivity contribution in [1.29, 1.82) is 0 Å². The zero-order valence-electron chi connectivity index (χ0n) is 14.0. The number of aliphatic hydroxyl groups is 1. The highest BCUT2D eigenvalue weighted by Gasteiger charge is 2.26. The second kappa shape index (κ2) is 7.12. The van der Waals surface area contributed by atoms with Crippen LogP contribution >= 0.6 is 11.3 Å². The van der Waals surface area contributed by atoms with E-state index in [1.54, 1.807) is 17.4 Å². The van der Waals surface area contributed by atoms with Gasteiger partial charge < -0.3 is 10.1 Å². The summed E-state index contributed by atoms with van der Waals surface area (Å²) in [7, 11) is 0. The van der Waals surface area contributed by atoms with Crippen LogP contribution in [0.15, 0.2) is 52.6 Å². The Labute approximate surface area is 150 Å². The maximum atomic E-state index is 12.2. The average molecular weight is 354 g/mol. The fourth-order valence-electron chi connectivity index (χ4n) is 3.70. The Morgan fingerprint density at radius 1 is 1.20 bits per heavy atom. The number of nitrogens with zero attached hydrogens (tertiary/aromatic N) is 1. The molecule has 0 saturated carbocycles. The number of para-hydroxylation sites is 1. The smallest absolute Gasteiger partial charge is 0.189 e. The molecular weight excluding hydrogens is 332 g/mol. The summed E-state index contributed by atoms with van der Waals surface area (Å²) >= 11 is 1.63. The van der Waals surface area contributed by atoms with Gasteiger partial charge in [0.15, 0.2) is 5.43 Å². The first-order valence-electron chi connectivity index (χ1n) is 8.75. The van der Waals surface area contributed by atoms with Crippen LogP contribution in [0.4, 0.5) is 0 Å². The van der Waals surface area contributed by atoms with Crippen molar-refractivity contribution >= 4 is 22.2 Å². The summed E-state index contributed by atoms with van der Waals surface area (Å²) in [6, 6.07) is 13.4. The third-order valence-corrected chi connectivity index (χ3v) is 6.04. The molecule has 1 aliphatic rings. The molecule has 1 saturated heterocycles. The number of fused-ring (bicyclic) bond motifs is 1. The summed E-state index contributed by atoms with van der Waals surface area (Å²) in [4.78, 5) is 19.1. The van der Waals surface area contributed by atoms with Crippen LogP contribution in [0.1, 0.15) is 29.5 Å². The predicted molar refractivity (Wildman–Crippen MR) is 102 cm³/mol. The minimum absolute atomic E-state index is 0.0763. The van der Waals surface area contributed by atoms with E-state index in [9.17, 15) is 9.90 Å². The molecule has 1 aromatic carbocycles. The molecule has 3 aromatic rings. The third-order valence-electron chi connectivity index (χ3n) is 5.10. The second-order valence-corrected chi connectivity index (χ2v) is 7.76. The standard InChI is InChI=1S/C20H22N2O2S/c23-18-12-15(21-17-5-2-1-4-16(17)18)13-22-9-7-14(8-10-22)20(24)19-6-3-11-25-19/h1-6,11-12,14,20,24H,7-10,13H2,(H,21,23)/t20-/m1/s1. The molecule has 0 radical (unpaired) electrons. The van der Waals surface area contributed by atoms with Gasteiger partial charge in [-0.2, -0.15) is 0 Å². The van der Waals surface area contributed by atoms with Gasteiger partial charge in [0.05, 0.1) is 6.10 Å². The van der Waals surface area contributed by atoms with E-state index in [1.807, 2.05) is 41.8 Å². The van der Waals surface area contributed by atoms with Gasteiger partial charge in [0.2, 0.25) is 0 Å². The summed E-state index contributed by atoms with van der Waals surface area (Å²) in [5, 5.41) is 13.3. The Balaban J connectivity index is 1.41. The molecule has 1 atom stereocenters. The van der Waals surface area contributed by atoms with Gasteiger partial charge >= 0.3 is 0 Å². The molecule has 2 N–H and O–H groups in total. The van der Waals surface area contributed by atoms with Crippen LogP contribution < -0.4 is 5.43 Å². The van der Waals surface area contributed by atoms with Crippen molar-refractivity contribution in [2.24, 2.45) is 5.92 Å². The number of thiophene rings is 1. The third kappa shape index (κ3) is 3.54. The van der Waals surface area contributed by atoms with Gasteiger partial charge in [0, 0.05) is 34.1 Å². The lowest BCUT2D eigenvalue weighted by Gasteiger charge is -2.33. The molecule has 25 heavy (non-hydrogen) atoms. The fraction of sp³-hybridized carbons (Fsp3) is 0.350. The highest BCUT2D eigenvalue weighted by molar-refractivity contribution is 7.10. The van der Waals surface area contributed by atoms with Crippen molar-refractivity contribution in [3.05, 3.63) is 68.6 Å². The number of rotatable bonds is 4. The van der Waals surface area contributed by atoms with Gasteiger partial charge in [-0.15, -0.1) is 11.3 Å². The van der Waals surface area contributed by atoms with Crippen molar-refractivity contribution in [2.45, 2.75) is 25.5 Å². The van der Waals surface area contributed by atoms with E-state index in [0.717, 1.165) is 53.9 Å². The molecule has 0 spiro atoms. The summed E-state index contributed by atoms with van der Waals surface area (Å²) in [6.45, 7) is 2.64. The lowest BCUT2D eigenvalue weighted by molar-refractivity contribution is 0.0587. The minimum Gasteiger partial charge on any atom is -0.387 e. The van der Waals surface area contributed by atoms with Crippen LogP contribution in [0.3, 0.4) is 0 Å². The Hall–Kier alpha value is -1.95. The molecule has 0 bridgehead atoms. The van der Waals surface area contributed by atoms with E-state index >= 15 is 0 Å². The number of piperidine rings is 1. The monoisotopic (exact) mass is 354 g/mol. The second-order valence-electron chi connectivity index (χ2n) is 6.78.